The molecule has 2 aromatic rings. The van der Waals surface area contributed by atoms with Crippen molar-refractivity contribution in [3.8, 4) is 0 Å². The SMILES string of the molecule is CS(=O)(=O)N1CCN(C(=O)C2CCCN(C(=O)c3cccc4ccccc34)C2)CC1. The summed E-state index contributed by atoms with van der Waals surface area (Å²) in [6, 6.07) is 13.6. The van der Waals surface area contributed by atoms with E-state index < -0.39 is 10.0 Å². The van der Waals surface area contributed by atoms with Crippen molar-refractivity contribution in [2.75, 3.05) is 45.5 Å². The van der Waals surface area contributed by atoms with Gasteiger partial charge in [0, 0.05) is 44.8 Å². The number of carbonyl (C=O) groups is 2. The van der Waals surface area contributed by atoms with E-state index in [1.165, 1.54) is 10.6 Å². The standard InChI is InChI=1S/C22H27N3O4S/c1-30(28,29)25-14-12-23(13-15-25)21(26)18-8-5-11-24(16-18)22(27)20-10-4-7-17-6-2-3-9-19(17)20/h2-4,6-7,9-10,18H,5,8,11-16H2,1H3. The summed E-state index contributed by atoms with van der Waals surface area (Å²) in [6.45, 7) is 2.52. The van der Waals surface area contributed by atoms with Crippen LogP contribution in [0.4, 0.5) is 0 Å². The molecule has 0 saturated carbocycles. The number of carbonyl (C=O) groups excluding carboxylic acids is 2. The zero-order valence-electron chi connectivity index (χ0n) is 17.2. The van der Waals surface area contributed by atoms with E-state index in [4.69, 9.17) is 0 Å². The van der Waals surface area contributed by atoms with Gasteiger partial charge in [-0.3, -0.25) is 9.59 Å². The van der Waals surface area contributed by atoms with E-state index in [0.29, 0.717) is 44.8 Å². The third kappa shape index (κ3) is 4.20. The lowest BCUT2D eigenvalue weighted by Gasteiger charge is -2.38. The second kappa shape index (κ2) is 8.35. The van der Waals surface area contributed by atoms with Crippen molar-refractivity contribution in [3.63, 3.8) is 0 Å². The summed E-state index contributed by atoms with van der Waals surface area (Å²) in [5.41, 5.74) is 0.669. The maximum absolute atomic E-state index is 13.2. The first-order valence-electron chi connectivity index (χ1n) is 10.4. The second-order valence-electron chi connectivity index (χ2n) is 8.10. The van der Waals surface area contributed by atoms with Gasteiger partial charge in [0.05, 0.1) is 12.2 Å². The first-order chi connectivity index (χ1) is 14.3. The van der Waals surface area contributed by atoms with Gasteiger partial charge in [0.2, 0.25) is 15.9 Å². The smallest absolute Gasteiger partial charge is 0.254 e. The zero-order valence-corrected chi connectivity index (χ0v) is 18.0. The van der Waals surface area contributed by atoms with Crippen molar-refractivity contribution in [1.29, 1.82) is 0 Å². The van der Waals surface area contributed by atoms with Gasteiger partial charge in [0.1, 0.15) is 0 Å². The van der Waals surface area contributed by atoms with Gasteiger partial charge in [-0.1, -0.05) is 36.4 Å². The molecule has 2 aliphatic heterocycles. The first-order valence-corrected chi connectivity index (χ1v) is 12.2. The zero-order chi connectivity index (χ0) is 21.3. The van der Waals surface area contributed by atoms with Crippen molar-refractivity contribution in [3.05, 3.63) is 48.0 Å². The number of piperidine rings is 1. The van der Waals surface area contributed by atoms with E-state index in [2.05, 4.69) is 0 Å². The minimum absolute atomic E-state index is 0.0265. The van der Waals surface area contributed by atoms with Gasteiger partial charge in [-0.05, 0) is 29.7 Å². The fraction of sp³-hybridized carbons (Fsp3) is 0.455. The fourth-order valence-corrected chi connectivity index (χ4v) is 5.27. The molecule has 0 spiro atoms. The molecule has 7 nitrogen and oxygen atoms in total. The van der Waals surface area contributed by atoms with Gasteiger partial charge in [-0.15, -0.1) is 0 Å². The summed E-state index contributed by atoms with van der Waals surface area (Å²) in [6.07, 6.45) is 2.74. The monoisotopic (exact) mass is 429 g/mol. The Morgan fingerprint density at radius 2 is 1.60 bits per heavy atom. The Morgan fingerprint density at radius 3 is 2.33 bits per heavy atom. The molecule has 0 N–H and O–H groups in total. The molecule has 2 aliphatic rings. The van der Waals surface area contributed by atoms with Crippen LogP contribution in [0, 0.1) is 5.92 Å². The number of piperazine rings is 1. The van der Waals surface area contributed by atoms with Crippen LogP contribution in [0.1, 0.15) is 23.2 Å². The molecule has 2 amide bonds. The average Bonchev–Trinajstić information content (AvgIpc) is 2.77. The molecule has 0 bridgehead atoms. The number of hydrogen-bond donors (Lipinski definition) is 0. The molecule has 2 aromatic carbocycles. The van der Waals surface area contributed by atoms with Crippen LogP contribution >= 0.6 is 0 Å². The maximum atomic E-state index is 13.2. The van der Waals surface area contributed by atoms with Crippen LogP contribution in [0.2, 0.25) is 0 Å². The lowest BCUT2D eigenvalue weighted by molar-refractivity contribution is -0.138. The quantitative estimate of drug-likeness (QED) is 0.745. The van der Waals surface area contributed by atoms with Crippen LogP contribution in [0.5, 0.6) is 0 Å². The number of amides is 2. The molecule has 4 rings (SSSR count). The molecule has 0 aliphatic carbocycles. The number of likely N-dealkylation sites (tertiary alicyclic amines) is 1. The molecular weight excluding hydrogens is 402 g/mol. The van der Waals surface area contributed by atoms with E-state index in [1.807, 2.05) is 42.5 Å². The summed E-state index contributed by atoms with van der Waals surface area (Å²) in [4.78, 5) is 29.8. The van der Waals surface area contributed by atoms with Gasteiger partial charge in [-0.25, -0.2) is 8.42 Å². The summed E-state index contributed by atoms with van der Waals surface area (Å²) >= 11 is 0. The van der Waals surface area contributed by atoms with E-state index >= 15 is 0 Å². The van der Waals surface area contributed by atoms with Crippen LogP contribution in [-0.4, -0.2) is 79.9 Å². The van der Waals surface area contributed by atoms with E-state index in [9.17, 15) is 18.0 Å². The molecule has 0 radical (unpaired) electrons. The van der Waals surface area contributed by atoms with Crippen molar-refractivity contribution >= 4 is 32.6 Å². The molecule has 2 fully saturated rings. The Balaban J connectivity index is 1.44. The predicted octanol–water partition coefficient (Wildman–Crippen LogP) is 1.80. The van der Waals surface area contributed by atoms with Gasteiger partial charge in [-0.2, -0.15) is 4.31 Å². The van der Waals surface area contributed by atoms with Gasteiger partial charge < -0.3 is 9.80 Å². The fourth-order valence-electron chi connectivity index (χ4n) is 4.44. The van der Waals surface area contributed by atoms with E-state index in [0.717, 1.165) is 23.6 Å². The minimum atomic E-state index is -3.23. The molecule has 2 heterocycles. The highest BCUT2D eigenvalue weighted by molar-refractivity contribution is 7.88. The average molecular weight is 430 g/mol. The van der Waals surface area contributed by atoms with Crippen molar-refractivity contribution < 1.29 is 18.0 Å². The predicted molar refractivity (Wildman–Crippen MR) is 116 cm³/mol. The molecule has 0 aromatic heterocycles. The molecule has 160 valence electrons. The lowest BCUT2D eigenvalue weighted by atomic mass is 9.95. The van der Waals surface area contributed by atoms with Crippen molar-refractivity contribution in [1.82, 2.24) is 14.1 Å². The van der Waals surface area contributed by atoms with Crippen LogP contribution in [0.15, 0.2) is 42.5 Å². The highest BCUT2D eigenvalue weighted by atomic mass is 32.2. The van der Waals surface area contributed by atoms with Crippen LogP contribution < -0.4 is 0 Å². The maximum Gasteiger partial charge on any atom is 0.254 e. The second-order valence-corrected chi connectivity index (χ2v) is 10.1. The first kappa shape index (κ1) is 20.8. The summed E-state index contributed by atoms with van der Waals surface area (Å²) < 4.78 is 24.8. The number of nitrogens with zero attached hydrogens (tertiary/aromatic N) is 3. The summed E-state index contributed by atoms with van der Waals surface area (Å²) in [7, 11) is -3.23. The Hall–Kier alpha value is -2.45. The normalized spacial score (nSPS) is 21.0. The van der Waals surface area contributed by atoms with Crippen molar-refractivity contribution in [2.24, 2.45) is 5.92 Å². The number of benzene rings is 2. The number of fused-ring (bicyclic) bond motifs is 1. The molecule has 30 heavy (non-hydrogen) atoms. The number of hydrogen-bond acceptors (Lipinski definition) is 4. The van der Waals surface area contributed by atoms with Crippen LogP contribution in [-0.2, 0) is 14.8 Å². The Kier molecular flexibility index (Phi) is 5.79. The Labute approximate surface area is 177 Å². The number of rotatable bonds is 3. The third-order valence-electron chi connectivity index (χ3n) is 6.10. The largest absolute Gasteiger partial charge is 0.340 e. The van der Waals surface area contributed by atoms with Gasteiger partial charge in [0.15, 0.2) is 0 Å². The molecule has 1 unspecified atom stereocenters. The van der Waals surface area contributed by atoms with E-state index in [1.54, 1.807) is 9.80 Å². The third-order valence-corrected chi connectivity index (χ3v) is 7.40. The highest BCUT2D eigenvalue weighted by Crippen LogP contribution is 2.25. The van der Waals surface area contributed by atoms with Gasteiger partial charge >= 0.3 is 0 Å². The molecular formula is C22H27N3O4S. The van der Waals surface area contributed by atoms with E-state index in [-0.39, 0.29) is 17.7 Å². The topological polar surface area (TPSA) is 78.0 Å². The number of sulfonamides is 1. The van der Waals surface area contributed by atoms with Crippen molar-refractivity contribution in [2.45, 2.75) is 12.8 Å². The van der Waals surface area contributed by atoms with Crippen LogP contribution in [0.3, 0.4) is 0 Å². The highest BCUT2D eigenvalue weighted by Gasteiger charge is 2.34. The minimum Gasteiger partial charge on any atom is -0.340 e. The Bertz CT molecular complexity index is 1060. The molecule has 8 heteroatoms. The van der Waals surface area contributed by atoms with Crippen LogP contribution in [0.25, 0.3) is 10.8 Å². The molecule has 1 atom stereocenters. The molecule has 2 saturated heterocycles. The summed E-state index contributed by atoms with van der Waals surface area (Å²) in [5.74, 6) is -0.243. The lowest BCUT2D eigenvalue weighted by Crippen LogP contribution is -2.53. The Morgan fingerprint density at radius 1 is 0.900 bits per heavy atom. The van der Waals surface area contributed by atoms with Gasteiger partial charge in [0.25, 0.3) is 5.91 Å². The summed E-state index contributed by atoms with van der Waals surface area (Å²) in [5, 5.41) is 1.95.